The van der Waals surface area contributed by atoms with Gasteiger partial charge in [0.2, 0.25) is 5.03 Å². The van der Waals surface area contributed by atoms with Crippen LogP contribution in [0.2, 0.25) is 10.0 Å². The lowest BCUT2D eigenvalue weighted by molar-refractivity contribution is 0.595. The van der Waals surface area contributed by atoms with Crippen LogP contribution in [0, 0.1) is 6.92 Å². The third kappa shape index (κ3) is 3.32. The summed E-state index contributed by atoms with van der Waals surface area (Å²) in [5.41, 5.74) is 1.46. The minimum Gasteiger partial charge on any atom is -0.316 e. The number of H-pyrrole nitrogens is 1. The molecular formula is C12H14Cl2N4O2S. The van der Waals surface area contributed by atoms with Gasteiger partial charge in [-0.1, -0.05) is 29.3 Å². The number of rotatable bonds is 5. The molecule has 0 fully saturated rings. The van der Waals surface area contributed by atoms with Crippen LogP contribution in [0.3, 0.4) is 0 Å². The highest BCUT2D eigenvalue weighted by Crippen LogP contribution is 2.31. The maximum atomic E-state index is 12.5. The smallest absolute Gasteiger partial charge is 0.281 e. The van der Waals surface area contributed by atoms with Crippen LogP contribution in [0.1, 0.15) is 11.3 Å². The standard InChI is InChI=1S/C12H14Cl2N4O2S/c1-7-8(6-15-2)12(17-16-7)21(19,20)18-10-5-3-4-9(13)11(10)14/h3-5,15,18H,6H2,1-2H3,(H,16,17). The summed E-state index contributed by atoms with van der Waals surface area (Å²) in [6.07, 6.45) is 0. The molecule has 0 unspecified atom stereocenters. The molecule has 1 heterocycles. The van der Waals surface area contributed by atoms with E-state index < -0.39 is 10.0 Å². The normalized spacial score (nSPS) is 11.6. The fraction of sp³-hybridized carbons (Fsp3) is 0.250. The molecule has 0 amide bonds. The highest BCUT2D eigenvalue weighted by molar-refractivity contribution is 7.92. The SMILES string of the molecule is CNCc1c(S(=O)(=O)Nc2cccc(Cl)c2Cl)n[nH]c1C. The van der Waals surface area contributed by atoms with Crippen LogP contribution < -0.4 is 10.0 Å². The topological polar surface area (TPSA) is 86.9 Å². The van der Waals surface area contributed by atoms with E-state index in [-0.39, 0.29) is 20.8 Å². The predicted molar refractivity (Wildman–Crippen MR) is 83.4 cm³/mol. The Morgan fingerprint density at radius 2 is 2.05 bits per heavy atom. The molecule has 2 rings (SSSR count). The first-order chi connectivity index (χ1) is 9.86. The number of hydrogen-bond donors (Lipinski definition) is 3. The molecule has 0 bridgehead atoms. The van der Waals surface area contributed by atoms with Crippen LogP contribution in [0.25, 0.3) is 0 Å². The molecule has 2 aromatic rings. The van der Waals surface area contributed by atoms with Crippen molar-refractivity contribution in [2.45, 2.75) is 18.5 Å². The molecule has 3 N–H and O–H groups in total. The second kappa shape index (κ2) is 6.23. The number of aryl methyl sites for hydroxylation is 1. The second-order valence-corrected chi connectivity index (χ2v) is 6.75. The van der Waals surface area contributed by atoms with Crippen molar-refractivity contribution in [3.8, 4) is 0 Å². The molecule has 21 heavy (non-hydrogen) atoms. The van der Waals surface area contributed by atoms with E-state index in [2.05, 4.69) is 20.2 Å². The third-order valence-corrected chi connectivity index (χ3v) is 4.99. The maximum absolute atomic E-state index is 12.5. The number of nitrogens with zero attached hydrogens (tertiary/aromatic N) is 1. The highest BCUT2D eigenvalue weighted by atomic mass is 35.5. The number of hydrogen-bond acceptors (Lipinski definition) is 4. The Bertz CT molecular complexity index is 759. The molecular weight excluding hydrogens is 335 g/mol. The number of nitrogens with one attached hydrogen (secondary N) is 3. The van der Waals surface area contributed by atoms with E-state index in [0.717, 1.165) is 0 Å². The molecule has 114 valence electrons. The largest absolute Gasteiger partial charge is 0.316 e. The third-order valence-electron chi connectivity index (χ3n) is 2.84. The van der Waals surface area contributed by atoms with Crippen LogP contribution in [0.4, 0.5) is 5.69 Å². The molecule has 0 saturated heterocycles. The summed E-state index contributed by atoms with van der Waals surface area (Å²) in [6, 6.07) is 4.71. The first-order valence-electron chi connectivity index (χ1n) is 6.02. The molecule has 1 aromatic carbocycles. The molecule has 0 atom stereocenters. The molecule has 0 aliphatic carbocycles. The van der Waals surface area contributed by atoms with Crippen molar-refractivity contribution < 1.29 is 8.42 Å². The van der Waals surface area contributed by atoms with Crippen molar-refractivity contribution in [3.05, 3.63) is 39.5 Å². The van der Waals surface area contributed by atoms with E-state index in [1.165, 1.54) is 6.07 Å². The highest BCUT2D eigenvalue weighted by Gasteiger charge is 2.24. The van der Waals surface area contributed by atoms with Gasteiger partial charge in [-0.25, -0.2) is 0 Å². The van der Waals surface area contributed by atoms with Gasteiger partial charge in [0, 0.05) is 17.8 Å². The Hall–Kier alpha value is -1.28. The molecule has 0 saturated carbocycles. The fourth-order valence-electron chi connectivity index (χ4n) is 1.81. The van der Waals surface area contributed by atoms with Gasteiger partial charge in [-0.05, 0) is 26.1 Å². The van der Waals surface area contributed by atoms with E-state index in [4.69, 9.17) is 23.2 Å². The maximum Gasteiger partial charge on any atom is 0.281 e. The molecule has 9 heteroatoms. The van der Waals surface area contributed by atoms with Crippen molar-refractivity contribution in [1.82, 2.24) is 15.5 Å². The first kappa shape index (κ1) is 16.1. The van der Waals surface area contributed by atoms with Crippen LogP contribution in [0.5, 0.6) is 0 Å². The number of anilines is 1. The minimum absolute atomic E-state index is 0.0645. The van der Waals surface area contributed by atoms with Crippen molar-refractivity contribution in [3.63, 3.8) is 0 Å². The monoisotopic (exact) mass is 348 g/mol. The zero-order chi connectivity index (χ0) is 15.6. The number of sulfonamides is 1. The van der Waals surface area contributed by atoms with Gasteiger partial charge in [-0.3, -0.25) is 9.82 Å². The minimum atomic E-state index is -3.86. The van der Waals surface area contributed by atoms with Crippen molar-refractivity contribution in [1.29, 1.82) is 0 Å². The van der Waals surface area contributed by atoms with Gasteiger partial charge < -0.3 is 5.32 Å². The molecule has 0 aliphatic heterocycles. The summed E-state index contributed by atoms with van der Waals surface area (Å²) >= 11 is 11.9. The lowest BCUT2D eigenvalue weighted by Gasteiger charge is -2.10. The summed E-state index contributed by atoms with van der Waals surface area (Å²) in [5.74, 6) is 0. The Morgan fingerprint density at radius 3 is 2.71 bits per heavy atom. The Kier molecular flexibility index (Phi) is 4.77. The van der Waals surface area contributed by atoms with Crippen molar-refractivity contribution in [2.24, 2.45) is 0 Å². The molecule has 0 aliphatic rings. The van der Waals surface area contributed by atoms with E-state index in [0.29, 0.717) is 17.8 Å². The van der Waals surface area contributed by atoms with E-state index >= 15 is 0 Å². The number of benzene rings is 1. The van der Waals surface area contributed by atoms with Crippen LogP contribution in [-0.4, -0.2) is 25.7 Å². The lowest BCUT2D eigenvalue weighted by Crippen LogP contribution is -2.17. The van der Waals surface area contributed by atoms with Gasteiger partial charge in [-0.15, -0.1) is 0 Å². The first-order valence-corrected chi connectivity index (χ1v) is 8.26. The van der Waals surface area contributed by atoms with E-state index in [1.807, 2.05) is 0 Å². The number of halogens is 2. The summed E-state index contributed by atoms with van der Waals surface area (Å²) < 4.78 is 27.3. The van der Waals surface area contributed by atoms with Crippen LogP contribution >= 0.6 is 23.2 Å². The lowest BCUT2D eigenvalue weighted by atomic mass is 10.3. The average Bonchev–Trinajstić information content (AvgIpc) is 2.78. The van der Waals surface area contributed by atoms with Crippen LogP contribution in [0.15, 0.2) is 23.2 Å². The number of aromatic amines is 1. The number of aromatic nitrogens is 2. The predicted octanol–water partition coefficient (Wildman–Crippen LogP) is 2.55. The summed E-state index contributed by atoms with van der Waals surface area (Å²) in [6.45, 7) is 2.13. The Morgan fingerprint density at radius 1 is 1.33 bits per heavy atom. The zero-order valence-electron chi connectivity index (χ0n) is 11.4. The quantitative estimate of drug-likeness (QED) is 0.774. The fourth-order valence-corrected chi connectivity index (χ4v) is 3.49. The second-order valence-electron chi connectivity index (χ2n) is 4.37. The van der Waals surface area contributed by atoms with Crippen LogP contribution in [-0.2, 0) is 16.6 Å². The Balaban J connectivity index is 2.41. The van der Waals surface area contributed by atoms with Gasteiger partial charge in [0.25, 0.3) is 10.0 Å². The average molecular weight is 349 g/mol. The van der Waals surface area contributed by atoms with Crippen molar-refractivity contribution in [2.75, 3.05) is 11.8 Å². The van der Waals surface area contributed by atoms with E-state index in [1.54, 1.807) is 26.1 Å². The zero-order valence-corrected chi connectivity index (χ0v) is 13.7. The van der Waals surface area contributed by atoms with Gasteiger partial charge in [0.15, 0.2) is 0 Å². The molecule has 6 nitrogen and oxygen atoms in total. The Labute approximate surface area is 132 Å². The van der Waals surface area contributed by atoms with Gasteiger partial charge in [0.1, 0.15) is 0 Å². The van der Waals surface area contributed by atoms with Gasteiger partial charge >= 0.3 is 0 Å². The molecule has 1 aromatic heterocycles. The van der Waals surface area contributed by atoms with E-state index in [9.17, 15) is 8.42 Å². The van der Waals surface area contributed by atoms with Crippen molar-refractivity contribution >= 4 is 38.9 Å². The molecule has 0 spiro atoms. The molecule has 0 radical (unpaired) electrons. The van der Waals surface area contributed by atoms with Gasteiger partial charge in [-0.2, -0.15) is 13.5 Å². The summed E-state index contributed by atoms with van der Waals surface area (Å²) in [5, 5.41) is 9.79. The van der Waals surface area contributed by atoms with Gasteiger partial charge in [0.05, 0.1) is 15.7 Å². The summed E-state index contributed by atoms with van der Waals surface area (Å²) in [7, 11) is -2.13. The summed E-state index contributed by atoms with van der Waals surface area (Å²) in [4.78, 5) is 0.